The average molecular weight is 2290 g/mol. The standard InChI is InChI=1S/2C24H22Br2ClN3.2C21H17Cl2N3.4CH3.4ClH.4Fe/c2*1-13-9-14(2)23(19(25)10-13)28-16(4)21-7-6-8-22(30-21)17(5)29-24-15(3)11-18(27)12-20(24)26;2*1-14(24-18-10-6-16(22)7-11-18)20-4-3-5-21(26-20)15(2)25-19-12-8-17(23)9-13-19;;;;;;;;;;;;/h2*6-12H,1-5H3;2*3-13H,1-2H3;4*1H3;4*1H;;;;/q;;;;4*-1;;;;;4*+2/p-4. The van der Waals surface area contributed by atoms with Gasteiger partial charge < -0.3 is 29.7 Å². The first-order valence-electron chi connectivity index (χ1n) is 35.7. The van der Waals surface area contributed by atoms with E-state index in [0.717, 1.165) is 177 Å². The predicted molar refractivity (Wildman–Crippen MR) is 542 cm³/mol. The van der Waals surface area contributed by atoms with Crippen LogP contribution in [0, 0.1) is 71.2 Å². The molecule has 124 heavy (non-hydrogen) atoms. The van der Waals surface area contributed by atoms with Gasteiger partial charge in [0.1, 0.15) is 0 Å². The third kappa shape index (κ3) is 38.0. The second-order valence-electron chi connectivity index (χ2n) is 26.1. The maximum atomic E-state index is 6.12. The van der Waals surface area contributed by atoms with Crippen molar-refractivity contribution >= 4 is 265 Å². The molecule has 12 nitrogen and oxygen atoms in total. The van der Waals surface area contributed by atoms with E-state index < -0.39 is 0 Å². The van der Waals surface area contributed by atoms with Crippen molar-refractivity contribution in [2.45, 2.75) is 96.9 Å². The Kier molecular flexibility index (Phi) is 55.5. The van der Waals surface area contributed by atoms with Gasteiger partial charge >= 0.3 is 101 Å². The number of aliphatic imine (C=N–C) groups is 8. The molecule has 0 spiro atoms. The molecule has 4 heterocycles. The van der Waals surface area contributed by atoms with Gasteiger partial charge in [0.05, 0.1) is 137 Å². The van der Waals surface area contributed by atoms with Crippen molar-refractivity contribution in [2.24, 2.45) is 39.9 Å². The summed E-state index contributed by atoms with van der Waals surface area (Å²) in [5.74, 6) is 0. The fourth-order valence-electron chi connectivity index (χ4n) is 11.1. The van der Waals surface area contributed by atoms with Crippen LogP contribution in [0.1, 0.15) is 134 Å². The van der Waals surface area contributed by atoms with E-state index in [1.54, 1.807) is 0 Å². The van der Waals surface area contributed by atoms with Crippen LogP contribution < -0.4 is 0 Å². The molecule has 30 heteroatoms. The summed E-state index contributed by atoms with van der Waals surface area (Å²) in [6, 6.07) is 69.0. The zero-order valence-corrected chi connectivity index (χ0v) is 89.2. The summed E-state index contributed by atoms with van der Waals surface area (Å²) in [7, 11) is 19.1. The van der Waals surface area contributed by atoms with Crippen molar-refractivity contribution in [2.75, 3.05) is 0 Å². The number of aryl methyl sites for hydroxylation is 6. The largest absolute Gasteiger partial charge is 2.00 e. The van der Waals surface area contributed by atoms with Crippen LogP contribution in [0.3, 0.4) is 0 Å². The van der Waals surface area contributed by atoms with Gasteiger partial charge in [0.15, 0.2) is 0 Å². The first-order chi connectivity index (χ1) is 56.1. The Morgan fingerprint density at radius 2 is 0.403 bits per heavy atom. The van der Waals surface area contributed by atoms with Gasteiger partial charge in [-0.1, -0.05) is 106 Å². The van der Waals surface area contributed by atoms with Crippen LogP contribution in [-0.2, 0) is 60.4 Å². The minimum Gasteiger partial charge on any atom is 2.00 e. The fraction of sp³-hybridized carbons (Fsp3) is 0.149. The van der Waals surface area contributed by atoms with Gasteiger partial charge in [-0.2, -0.15) is 0 Å². The molecular formula is C94H90Br4Cl10Fe4N12. The van der Waals surface area contributed by atoms with Gasteiger partial charge in [0.25, 0.3) is 0 Å². The van der Waals surface area contributed by atoms with E-state index in [4.69, 9.17) is 140 Å². The summed E-state index contributed by atoms with van der Waals surface area (Å²) in [5.41, 5.74) is 26.7. The number of benzene rings is 8. The van der Waals surface area contributed by atoms with Crippen LogP contribution >= 0.6 is 174 Å². The van der Waals surface area contributed by atoms with Crippen LogP contribution in [0.2, 0.25) is 30.1 Å². The predicted octanol–water partition coefficient (Wildman–Crippen LogP) is 34.8. The van der Waals surface area contributed by atoms with Crippen molar-refractivity contribution in [1.29, 1.82) is 0 Å². The Morgan fingerprint density at radius 1 is 0.242 bits per heavy atom. The Balaban J connectivity index is 0.000000797. The molecule has 4 aromatic heterocycles. The minimum absolute atomic E-state index is 0. The fourth-order valence-corrected chi connectivity index (χ4v) is 15.2. The van der Waals surface area contributed by atoms with Gasteiger partial charge in [0, 0.05) is 48.0 Å². The second kappa shape index (κ2) is 59.0. The number of nitrogens with zero attached hydrogens (tertiary/aromatic N) is 12. The van der Waals surface area contributed by atoms with Crippen LogP contribution in [0.5, 0.6) is 0 Å². The molecule has 656 valence electrons. The Labute approximate surface area is 847 Å². The molecule has 0 saturated heterocycles. The average Bonchev–Trinajstić information content (AvgIpc) is 0.915. The Bertz CT molecular complexity index is 4990. The van der Waals surface area contributed by atoms with Crippen molar-refractivity contribution in [1.82, 2.24) is 19.9 Å². The molecule has 0 saturated carbocycles. The molecule has 0 amide bonds. The minimum atomic E-state index is 0. The number of hydrogen-bond acceptors (Lipinski definition) is 12. The van der Waals surface area contributed by atoms with Crippen molar-refractivity contribution in [3.05, 3.63) is 375 Å². The molecule has 8 aromatic carbocycles. The molecule has 12 rings (SSSR count). The van der Waals surface area contributed by atoms with Crippen molar-refractivity contribution in [3.63, 3.8) is 0 Å². The third-order valence-electron chi connectivity index (χ3n) is 16.8. The zero-order valence-electron chi connectivity index (χ0n) is 70.9. The molecule has 0 fully saturated rings. The van der Waals surface area contributed by atoms with E-state index >= 15 is 0 Å². The van der Waals surface area contributed by atoms with Crippen LogP contribution in [0.25, 0.3) is 0 Å². The monoisotopic (exact) mass is 2280 g/mol. The first-order valence-corrected chi connectivity index (χ1v) is 47.2. The summed E-state index contributed by atoms with van der Waals surface area (Å²) >= 11 is 50.7. The number of aromatic nitrogens is 4. The van der Waals surface area contributed by atoms with Crippen LogP contribution in [-0.4, -0.2) is 65.6 Å². The van der Waals surface area contributed by atoms with Crippen molar-refractivity contribution in [3.8, 4) is 0 Å². The van der Waals surface area contributed by atoms with Crippen molar-refractivity contribution < 1.29 is 60.4 Å². The van der Waals surface area contributed by atoms with Gasteiger partial charge in [-0.15, -0.1) is 0 Å². The van der Waals surface area contributed by atoms with Gasteiger partial charge in [-0.3, -0.25) is 39.9 Å². The molecule has 0 radical (unpaired) electrons. The molecular weight excluding hydrogens is 2190 g/mol. The molecule has 0 aliphatic rings. The summed E-state index contributed by atoms with van der Waals surface area (Å²) in [5, 5.41) is 4.12. The van der Waals surface area contributed by atoms with E-state index in [2.05, 4.69) is 146 Å². The van der Waals surface area contributed by atoms with Crippen LogP contribution in [0.15, 0.2) is 276 Å². The number of rotatable bonds is 16. The zero-order chi connectivity index (χ0) is 86.4. The van der Waals surface area contributed by atoms with Crippen LogP contribution in [0.4, 0.5) is 45.5 Å². The maximum Gasteiger partial charge on any atom is 2.00 e. The Morgan fingerprint density at radius 3 is 0.573 bits per heavy atom. The molecule has 0 unspecified atom stereocenters. The summed E-state index contributed by atoms with van der Waals surface area (Å²) in [4.78, 5) is 56.7. The molecule has 0 aliphatic carbocycles. The quantitative estimate of drug-likeness (QED) is 0.0537. The molecule has 0 N–H and O–H groups in total. The summed E-state index contributed by atoms with van der Waals surface area (Å²) in [6.45, 7) is 27.9. The van der Waals surface area contributed by atoms with E-state index in [9.17, 15) is 0 Å². The van der Waals surface area contributed by atoms with E-state index in [1.807, 2.05) is 263 Å². The smallest absolute Gasteiger partial charge is 2.00 e. The number of halogens is 14. The first kappa shape index (κ1) is 117. The van der Waals surface area contributed by atoms with E-state index in [-0.39, 0.29) is 90.1 Å². The van der Waals surface area contributed by atoms with E-state index in [1.165, 1.54) is 11.1 Å². The molecule has 12 aromatic rings. The molecule has 0 aliphatic heterocycles. The maximum absolute atomic E-state index is 6.12. The second-order valence-corrected chi connectivity index (χ2v) is 35.8. The number of hydrogen-bond donors (Lipinski definition) is 0. The SMILES string of the molecule is CC(=Nc1c(C)cc(C)cc1Br)c1cccc(C(C)=Nc2c(C)cc(Cl)cc2Br)n1.CC(=Nc1c(C)cc(C)cc1Br)c1cccc(C(C)=Nc2c(C)cc(Cl)cc2Br)n1.CC(=Nc1ccc(Cl)cc1)c1cccc(C(C)=Nc2ccc(Cl)cc2)n1.CC(=Nc1ccc(Cl)cc1)c1cccc(C(C)=Nc2ccc(Cl)cc2)n1.[CH3-].[CH3-].[CH3-].[CH3-].[Cl][Fe][Cl].[Cl][Fe][Cl].[Fe+2].[Fe+2]. The molecule has 0 atom stereocenters. The third-order valence-corrected chi connectivity index (χ3v) is 20.7. The normalized spacial score (nSPS) is 11.5. The summed E-state index contributed by atoms with van der Waals surface area (Å²) in [6.07, 6.45) is 0. The van der Waals surface area contributed by atoms with Gasteiger partial charge in [-0.05, 0) is 376 Å². The summed E-state index contributed by atoms with van der Waals surface area (Å²) < 4.78 is 3.69. The van der Waals surface area contributed by atoms with E-state index in [0.29, 0.717) is 30.1 Å². The molecule has 0 bridgehead atoms. The van der Waals surface area contributed by atoms with Gasteiger partial charge in [0.2, 0.25) is 0 Å². The number of pyridine rings is 4. The topological polar surface area (TPSA) is 150 Å². The Hall–Kier alpha value is -5.38. The van der Waals surface area contributed by atoms with Gasteiger partial charge in [-0.25, -0.2) is 19.9 Å².